The minimum Gasteiger partial charge on any atom is -0.339 e. The number of carbonyl (C=O) groups is 1. The van der Waals surface area contributed by atoms with Crippen LogP contribution in [0.25, 0.3) is 0 Å². The molecule has 1 saturated carbocycles. The van der Waals surface area contributed by atoms with Gasteiger partial charge in [0, 0.05) is 18.7 Å². The molecule has 0 heterocycles. The van der Waals surface area contributed by atoms with Gasteiger partial charge in [-0.25, -0.2) is 0 Å². The molecule has 0 spiro atoms. The van der Waals surface area contributed by atoms with Crippen molar-refractivity contribution in [1.29, 1.82) is 0 Å². The molecule has 2 rings (SSSR count). The van der Waals surface area contributed by atoms with Crippen LogP contribution in [0.2, 0.25) is 0 Å². The van der Waals surface area contributed by atoms with E-state index in [1.165, 1.54) is 12.8 Å². The molecule has 0 bridgehead atoms. The van der Waals surface area contributed by atoms with Crippen LogP contribution in [0.5, 0.6) is 0 Å². The zero-order valence-electron chi connectivity index (χ0n) is 15.7. The molecule has 0 unspecified atom stereocenters. The molecule has 1 aromatic carbocycles. The first-order valence-corrected chi connectivity index (χ1v) is 9.01. The van der Waals surface area contributed by atoms with Crippen LogP contribution in [0.15, 0.2) is 30.3 Å². The fourth-order valence-electron chi connectivity index (χ4n) is 4.65. The third-order valence-electron chi connectivity index (χ3n) is 6.34. The van der Waals surface area contributed by atoms with Crippen LogP contribution in [0.3, 0.4) is 0 Å². The summed E-state index contributed by atoms with van der Waals surface area (Å²) in [6, 6.07) is 10.0. The van der Waals surface area contributed by atoms with Gasteiger partial charge in [0.25, 0.3) is 5.91 Å². The predicted octanol–water partition coefficient (Wildman–Crippen LogP) is 5.39. The summed E-state index contributed by atoms with van der Waals surface area (Å²) in [5.41, 5.74) is 1.50. The third-order valence-corrected chi connectivity index (χ3v) is 6.34. The second kappa shape index (κ2) is 6.67. The van der Waals surface area contributed by atoms with Crippen molar-refractivity contribution < 1.29 is 4.79 Å². The summed E-state index contributed by atoms with van der Waals surface area (Å²) in [7, 11) is 1.97. The van der Waals surface area contributed by atoms with E-state index in [2.05, 4.69) is 34.6 Å². The van der Waals surface area contributed by atoms with Crippen molar-refractivity contribution in [3.63, 3.8) is 0 Å². The van der Waals surface area contributed by atoms with Crippen molar-refractivity contribution in [3.8, 4) is 0 Å². The van der Waals surface area contributed by atoms with E-state index in [0.717, 1.165) is 18.4 Å². The summed E-state index contributed by atoms with van der Waals surface area (Å²) in [5, 5.41) is 0. The second-order valence-electron chi connectivity index (χ2n) is 8.57. The SMILES string of the molecule is CC(C)C1(C(C)(C)C)CCC(N(C)C(=O)c2ccccc2)CC1. The van der Waals surface area contributed by atoms with Crippen molar-refractivity contribution in [2.75, 3.05) is 7.05 Å². The van der Waals surface area contributed by atoms with Gasteiger partial charge >= 0.3 is 0 Å². The highest BCUT2D eigenvalue weighted by Gasteiger charge is 2.47. The summed E-state index contributed by atoms with van der Waals surface area (Å²) in [6.45, 7) is 11.9. The highest BCUT2D eigenvalue weighted by Crippen LogP contribution is 2.54. The molecule has 2 heteroatoms. The Morgan fingerprint density at radius 3 is 2.09 bits per heavy atom. The Morgan fingerprint density at radius 2 is 1.65 bits per heavy atom. The third kappa shape index (κ3) is 3.46. The molecular weight excluding hydrogens is 282 g/mol. The Kier molecular flexibility index (Phi) is 5.23. The van der Waals surface area contributed by atoms with Gasteiger partial charge in [0.05, 0.1) is 0 Å². The molecule has 0 saturated heterocycles. The summed E-state index contributed by atoms with van der Waals surface area (Å²) >= 11 is 0. The molecule has 1 aliphatic carbocycles. The fraction of sp³-hybridized carbons (Fsp3) is 0.667. The molecule has 0 radical (unpaired) electrons. The predicted molar refractivity (Wildman–Crippen MR) is 97.5 cm³/mol. The van der Waals surface area contributed by atoms with E-state index in [9.17, 15) is 4.79 Å². The van der Waals surface area contributed by atoms with E-state index in [1.54, 1.807) is 0 Å². The molecule has 0 aliphatic heterocycles. The number of hydrogen-bond acceptors (Lipinski definition) is 1. The minimum atomic E-state index is 0.156. The van der Waals surface area contributed by atoms with Crippen LogP contribution in [-0.2, 0) is 0 Å². The second-order valence-corrected chi connectivity index (χ2v) is 8.57. The largest absolute Gasteiger partial charge is 0.339 e. The van der Waals surface area contributed by atoms with E-state index in [-0.39, 0.29) is 5.91 Å². The van der Waals surface area contributed by atoms with Crippen LogP contribution in [0.4, 0.5) is 0 Å². The number of amides is 1. The number of rotatable bonds is 3. The molecule has 0 atom stereocenters. The van der Waals surface area contributed by atoms with Crippen molar-refractivity contribution in [2.24, 2.45) is 16.7 Å². The number of carbonyl (C=O) groups excluding carboxylic acids is 1. The summed E-state index contributed by atoms with van der Waals surface area (Å²) in [5.74, 6) is 0.835. The maximum atomic E-state index is 12.7. The van der Waals surface area contributed by atoms with Crippen molar-refractivity contribution in [1.82, 2.24) is 4.90 Å². The molecule has 23 heavy (non-hydrogen) atoms. The molecule has 128 valence electrons. The standard InChI is InChI=1S/C21H33NO/c1-16(2)21(20(3,4)5)14-12-18(13-15-21)22(6)19(23)17-10-8-7-9-11-17/h7-11,16,18H,12-15H2,1-6H3. The van der Waals surface area contributed by atoms with Crippen molar-refractivity contribution in [2.45, 2.75) is 66.3 Å². The van der Waals surface area contributed by atoms with E-state index in [0.29, 0.717) is 22.8 Å². The Balaban J connectivity index is 2.08. The fourth-order valence-corrected chi connectivity index (χ4v) is 4.65. The number of benzene rings is 1. The van der Waals surface area contributed by atoms with Crippen LogP contribution >= 0.6 is 0 Å². The van der Waals surface area contributed by atoms with E-state index in [4.69, 9.17) is 0 Å². The molecule has 1 aliphatic rings. The normalized spacial score (nSPS) is 25.4. The van der Waals surface area contributed by atoms with Gasteiger partial charge in [-0.05, 0) is 54.6 Å². The van der Waals surface area contributed by atoms with Gasteiger partial charge < -0.3 is 4.90 Å². The lowest BCUT2D eigenvalue weighted by molar-refractivity contribution is -0.0272. The number of nitrogens with zero attached hydrogens (tertiary/aromatic N) is 1. The Labute approximate surface area is 142 Å². The summed E-state index contributed by atoms with van der Waals surface area (Å²) in [4.78, 5) is 14.6. The zero-order valence-corrected chi connectivity index (χ0v) is 15.7. The van der Waals surface area contributed by atoms with Gasteiger partial charge in [0.1, 0.15) is 0 Å². The molecule has 1 aromatic rings. The van der Waals surface area contributed by atoms with Gasteiger partial charge in [-0.1, -0.05) is 52.8 Å². The first kappa shape index (κ1) is 18.0. The Bertz CT molecular complexity index is 519. The maximum absolute atomic E-state index is 12.7. The Morgan fingerprint density at radius 1 is 1.13 bits per heavy atom. The zero-order chi connectivity index (χ0) is 17.3. The quantitative estimate of drug-likeness (QED) is 0.732. The van der Waals surface area contributed by atoms with Gasteiger partial charge in [0.15, 0.2) is 0 Å². The van der Waals surface area contributed by atoms with Gasteiger partial charge in [0.2, 0.25) is 0 Å². The highest BCUT2D eigenvalue weighted by atomic mass is 16.2. The van der Waals surface area contributed by atoms with Crippen LogP contribution in [-0.4, -0.2) is 23.9 Å². The number of hydrogen-bond donors (Lipinski definition) is 0. The molecule has 1 fully saturated rings. The smallest absolute Gasteiger partial charge is 0.253 e. The van der Waals surface area contributed by atoms with Crippen molar-refractivity contribution in [3.05, 3.63) is 35.9 Å². The molecule has 0 aromatic heterocycles. The van der Waals surface area contributed by atoms with Crippen molar-refractivity contribution >= 4 is 5.91 Å². The summed E-state index contributed by atoms with van der Waals surface area (Å²) in [6.07, 6.45) is 4.66. The molecular formula is C21H33NO. The van der Waals surface area contributed by atoms with Gasteiger partial charge in [-0.3, -0.25) is 4.79 Å². The lowest BCUT2D eigenvalue weighted by Crippen LogP contribution is -2.48. The van der Waals surface area contributed by atoms with Gasteiger partial charge in [-0.15, -0.1) is 0 Å². The highest BCUT2D eigenvalue weighted by molar-refractivity contribution is 5.94. The first-order valence-electron chi connectivity index (χ1n) is 9.01. The monoisotopic (exact) mass is 315 g/mol. The van der Waals surface area contributed by atoms with E-state index in [1.807, 2.05) is 42.3 Å². The van der Waals surface area contributed by atoms with Gasteiger partial charge in [-0.2, -0.15) is 0 Å². The maximum Gasteiger partial charge on any atom is 0.253 e. The molecule has 0 N–H and O–H groups in total. The van der Waals surface area contributed by atoms with Crippen LogP contribution < -0.4 is 0 Å². The van der Waals surface area contributed by atoms with Crippen LogP contribution in [0, 0.1) is 16.7 Å². The lowest BCUT2D eigenvalue weighted by Gasteiger charge is -2.53. The molecule has 1 amide bonds. The average molecular weight is 316 g/mol. The lowest BCUT2D eigenvalue weighted by atomic mass is 9.54. The van der Waals surface area contributed by atoms with E-state index >= 15 is 0 Å². The van der Waals surface area contributed by atoms with E-state index < -0.39 is 0 Å². The summed E-state index contributed by atoms with van der Waals surface area (Å²) < 4.78 is 0. The van der Waals surface area contributed by atoms with Crippen LogP contribution in [0.1, 0.15) is 70.7 Å². The topological polar surface area (TPSA) is 20.3 Å². The molecule has 2 nitrogen and oxygen atoms in total. The average Bonchev–Trinajstić information content (AvgIpc) is 2.53. The first-order chi connectivity index (χ1) is 10.7. The Hall–Kier alpha value is -1.31. The minimum absolute atomic E-state index is 0.156.